The van der Waals surface area contributed by atoms with E-state index in [1.807, 2.05) is 11.3 Å². The highest BCUT2D eigenvalue weighted by molar-refractivity contribution is 7.26. The van der Waals surface area contributed by atoms with Crippen molar-refractivity contribution in [2.24, 2.45) is 0 Å². The molecule has 0 saturated heterocycles. The first-order valence-electron chi connectivity index (χ1n) is 21.0. The van der Waals surface area contributed by atoms with Crippen molar-refractivity contribution in [3.8, 4) is 44.5 Å². The molecule has 60 heavy (non-hydrogen) atoms. The van der Waals surface area contributed by atoms with Crippen molar-refractivity contribution in [2.75, 3.05) is 4.90 Å². The molecule has 1 heterocycles. The second kappa shape index (κ2) is 12.3. The van der Waals surface area contributed by atoms with Gasteiger partial charge in [0.25, 0.3) is 0 Å². The molecule has 1 nitrogen and oxygen atoms in total. The molecule has 0 bridgehead atoms. The van der Waals surface area contributed by atoms with Gasteiger partial charge >= 0.3 is 0 Å². The van der Waals surface area contributed by atoms with Gasteiger partial charge in [0.15, 0.2) is 0 Å². The van der Waals surface area contributed by atoms with Crippen LogP contribution in [0.3, 0.4) is 0 Å². The van der Waals surface area contributed by atoms with E-state index in [0.29, 0.717) is 0 Å². The Hall–Kier alpha value is -7.00. The van der Waals surface area contributed by atoms with Crippen molar-refractivity contribution in [3.63, 3.8) is 0 Å². The molecule has 0 saturated carbocycles. The topological polar surface area (TPSA) is 3.24 Å². The van der Waals surface area contributed by atoms with Crippen molar-refractivity contribution in [2.45, 2.75) is 24.7 Å². The molecule has 1 spiro atoms. The number of benzene rings is 9. The third-order valence-electron chi connectivity index (χ3n) is 13.9. The van der Waals surface area contributed by atoms with E-state index in [2.05, 4.69) is 219 Å². The summed E-state index contributed by atoms with van der Waals surface area (Å²) in [5, 5.41) is 2.58. The number of thiophene rings is 1. The van der Waals surface area contributed by atoms with Crippen LogP contribution < -0.4 is 4.90 Å². The summed E-state index contributed by atoms with van der Waals surface area (Å²) in [4.78, 5) is 2.52. The molecule has 0 radical (unpaired) electrons. The summed E-state index contributed by atoms with van der Waals surface area (Å²) in [7, 11) is 0. The number of rotatable bonds is 4. The van der Waals surface area contributed by atoms with Crippen LogP contribution in [0.5, 0.6) is 0 Å². The average Bonchev–Trinajstić information content (AvgIpc) is 3.99. The molecule has 0 amide bonds. The Balaban J connectivity index is 1.05. The Labute approximate surface area is 354 Å². The van der Waals surface area contributed by atoms with Crippen molar-refractivity contribution in [1.29, 1.82) is 0 Å². The smallest absolute Gasteiger partial charge is 0.0726 e. The summed E-state index contributed by atoms with van der Waals surface area (Å²) in [6, 6.07) is 75.4. The molecular formula is C58H39NS. The Morgan fingerprint density at radius 1 is 0.383 bits per heavy atom. The van der Waals surface area contributed by atoms with Crippen LogP contribution >= 0.6 is 11.3 Å². The summed E-state index contributed by atoms with van der Waals surface area (Å²) < 4.78 is 2.60. The number of nitrogens with zero attached hydrogens (tertiary/aromatic N) is 1. The molecule has 9 aromatic carbocycles. The second-order valence-corrected chi connectivity index (χ2v) is 18.2. The summed E-state index contributed by atoms with van der Waals surface area (Å²) in [5.74, 6) is 0. The molecule has 282 valence electrons. The van der Waals surface area contributed by atoms with Gasteiger partial charge in [-0.3, -0.25) is 0 Å². The molecule has 3 aliphatic carbocycles. The lowest BCUT2D eigenvalue weighted by Gasteiger charge is -2.32. The zero-order valence-electron chi connectivity index (χ0n) is 33.4. The van der Waals surface area contributed by atoms with Crippen LogP contribution in [-0.2, 0) is 10.8 Å². The monoisotopic (exact) mass is 781 g/mol. The standard InChI is InChI=1S/C58H39NS/c1-57(2)47-22-8-3-18-43(47)45-21-13-20-39(56(45)57)36-29-31-37(32-30-36)59(52-26-14-28-54-55(52)46-19-7-12-27-53(46)60-54)38-33-34-44-42-17-6-11-25-50(42)58(51(44)35-38)48-23-9-4-15-40(48)41-16-5-10-24-49(41)58/h3-35H,1-2H3. The van der Waals surface area contributed by atoms with E-state index in [4.69, 9.17) is 0 Å². The maximum absolute atomic E-state index is 2.52. The molecule has 0 atom stereocenters. The predicted molar refractivity (Wildman–Crippen MR) is 253 cm³/mol. The van der Waals surface area contributed by atoms with E-state index >= 15 is 0 Å². The molecule has 0 aliphatic heterocycles. The average molecular weight is 782 g/mol. The van der Waals surface area contributed by atoms with Gasteiger partial charge in [-0.05, 0) is 120 Å². The van der Waals surface area contributed by atoms with Crippen molar-refractivity contribution < 1.29 is 0 Å². The lowest BCUT2D eigenvalue weighted by Crippen LogP contribution is -2.26. The fourth-order valence-corrected chi connectivity index (χ4v) is 12.6. The lowest BCUT2D eigenvalue weighted by molar-refractivity contribution is 0.662. The molecular weight excluding hydrogens is 743 g/mol. The van der Waals surface area contributed by atoms with Gasteiger partial charge in [-0.25, -0.2) is 0 Å². The highest BCUT2D eigenvalue weighted by Gasteiger charge is 2.51. The minimum atomic E-state index is -0.427. The molecule has 0 fully saturated rings. The van der Waals surface area contributed by atoms with Crippen LogP contribution in [0, 0.1) is 0 Å². The third-order valence-corrected chi connectivity index (χ3v) is 15.0. The number of hydrogen-bond acceptors (Lipinski definition) is 2. The Morgan fingerprint density at radius 3 is 1.57 bits per heavy atom. The largest absolute Gasteiger partial charge is 0.310 e. The first-order chi connectivity index (χ1) is 29.5. The summed E-state index contributed by atoms with van der Waals surface area (Å²) >= 11 is 1.87. The second-order valence-electron chi connectivity index (χ2n) is 17.1. The molecule has 10 aromatic rings. The van der Waals surface area contributed by atoms with Crippen LogP contribution in [0.25, 0.3) is 64.7 Å². The molecule has 2 heteroatoms. The van der Waals surface area contributed by atoms with Crippen LogP contribution in [0.4, 0.5) is 17.1 Å². The minimum absolute atomic E-state index is 0.0989. The Bertz CT molecular complexity index is 3360. The SMILES string of the molecule is CC1(C)c2ccccc2-c2cccc(-c3ccc(N(c4ccc5c(c4)C4(c6ccccc6-c6ccccc64)c4ccccc4-5)c4cccc5sc6ccccc6c45)cc3)c21. The highest BCUT2D eigenvalue weighted by Crippen LogP contribution is 2.63. The first-order valence-corrected chi connectivity index (χ1v) is 21.8. The quantitative estimate of drug-likeness (QED) is 0.172. The normalized spacial score (nSPS) is 14.4. The summed E-state index contributed by atoms with van der Waals surface area (Å²) in [5.41, 5.74) is 21.6. The van der Waals surface area contributed by atoms with Crippen LogP contribution in [-0.4, -0.2) is 0 Å². The van der Waals surface area contributed by atoms with Gasteiger partial charge in [0.1, 0.15) is 0 Å². The first kappa shape index (κ1) is 33.9. The van der Waals surface area contributed by atoms with Crippen molar-refractivity contribution in [1.82, 2.24) is 0 Å². The zero-order valence-corrected chi connectivity index (χ0v) is 34.2. The minimum Gasteiger partial charge on any atom is -0.310 e. The van der Waals surface area contributed by atoms with Crippen LogP contribution in [0.15, 0.2) is 200 Å². The summed E-state index contributed by atoms with van der Waals surface area (Å²) in [6.07, 6.45) is 0. The Kier molecular flexibility index (Phi) is 6.94. The van der Waals surface area contributed by atoms with Gasteiger partial charge in [-0.15, -0.1) is 11.3 Å². The lowest BCUT2D eigenvalue weighted by atomic mass is 9.70. The van der Waals surface area contributed by atoms with E-state index < -0.39 is 5.41 Å². The number of anilines is 3. The maximum Gasteiger partial charge on any atom is 0.0726 e. The molecule has 3 aliphatic rings. The molecule has 1 aromatic heterocycles. The third kappa shape index (κ3) is 4.36. The Morgan fingerprint density at radius 2 is 0.883 bits per heavy atom. The zero-order chi connectivity index (χ0) is 39.7. The van der Waals surface area contributed by atoms with E-state index in [9.17, 15) is 0 Å². The predicted octanol–water partition coefficient (Wildman–Crippen LogP) is 15.8. The van der Waals surface area contributed by atoms with Gasteiger partial charge in [-0.2, -0.15) is 0 Å². The van der Waals surface area contributed by atoms with Crippen molar-refractivity contribution >= 4 is 48.6 Å². The van der Waals surface area contributed by atoms with Gasteiger partial charge < -0.3 is 4.90 Å². The summed E-state index contributed by atoms with van der Waals surface area (Å²) in [6.45, 7) is 4.76. The molecule has 13 rings (SSSR count). The number of hydrogen-bond donors (Lipinski definition) is 0. The molecule has 0 unspecified atom stereocenters. The molecule has 0 N–H and O–H groups in total. The maximum atomic E-state index is 2.52. The van der Waals surface area contributed by atoms with Gasteiger partial charge in [0.05, 0.1) is 11.1 Å². The van der Waals surface area contributed by atoms with E-state index in [1.165, 1.54) is 104 Å². The fourth-order valence-electron chi connectivity index (χ4n) is 11.5. The van der Waals surface area contributed by atoms with E-state index in [0.717, 1.165) is 11.4 Å². The number of fused-ring (bicyclic) bond motifs is 16. The van der Waals surface area contributed by atoms with Gasteiger partial charge in [-0.1, -0.05) is 172 Å². The van der Waals surface area contributed by atoms with Gasteiger partial charge in [0, 0.05) is 37.0 Å². The van der Waals surface area contributed by atoms with E-state index in [1.54, 1.807) is 0 Å². The van der Waals surface area contributed by atoms with Gasteiger partial charge in [0.2, 0.25) is 0 Å². The van der Waals surface area contributed by atoms with Crippen LogP contribution in [0.1, 0.15) is 47.2 Å². The fraction of sp³-hybridized carbons (Fsp3) is 0.0690. The highest BCUT2D eigenvalue weighted by atomic mass is 32.1. The van der Waals surface area contributed by atoms with E-state index in [-0.39, 0.29) is 5.41 Å². The van der Waals surface area contributed by atoms with Crippen LogP contribution in [0.2, 0.25) is 0 Å². The van der Waals surface area contributed by atoms with Crippen molar-refractivity contribution in [3.05, 3.63) is 234 Å².